The quantitative estimate of drug-likeness (QED) is 0.385. The maximum absolute atomic E-state index is 10.2. The zero-order valence-electron chi connectivity index (χ0n) is 7.45. The van der Waals surface area contributed by atoms with E-state index in [4.69, 9.17) is 4.74 Å². The fourth-order valence-corrected chi connectivity index (χ4v) is 1.72. The fraction of sp³-hybridized carbons (Fsp3) is 1.00. The number of hydrogen-bond donors (Lipinski definition) is 0. The minimum Gasteiger partial charge on any atom is -0.772 e. The number of rotatable bonds is 3. The van der Waals surface area contributed by atoms with Crippen molar-refractivity contribution in [3.05, 3.63) is 0 Å². The van der Waals surface area contributed by atoms with Gasteiger partial charge in [-0.3, -0.25) is 4.21 Å². The van der Waals surface area contributed by atoms with Crippen molar-refractivity contribution in [2.75, 3.05) is 12.4 Å². The molecule has 0 bridgehead atoms. The van der Waals surface area contributed by atoms with Crippen molar-refractivity contribution in [1.29, 1.82) is 0 Å². The van der Waals surface area contributed by atoms with Gasteiger partial charge in [0.25, 0.3) is 0 Å². The van der Waals surface area contributed by atoms with Crippen LogP contribution in [-0.4, -0.2) is 27.2 Å². The minimum atomic E-state index is -1.90. The molecule has 0 amide bonds. The summed E-state index contributed by atoms with van der Waals surface area (Å²) in [4.78, 5) is 0. The monoisotopic (exact) mass is 200 g/mol. The zero-order valence-corrected chi connectivity index (χ0v) is 10.3. The van der Waals surface area contributed by atoms with Crippen molar-refractivity contribution in [2.45, 2.75) is 31.8 Å². The molecule has 1 heterocycles. The molecule has 0 aromatic carbocycles. The SMILES string of the molecule is O=S([O-])CCC1CCCCO1.[Na+]. The molecule has 0 N–H and O–H groups in total. The summed E-state index contributed by atoms with van der Waals surface area (Å²) < 4.78 is 25.7. The summed E-state index contributed by atoms with van der Waals surface area (Å²) in [6, 6.07) is 0. The van der Waals surface area contributed by atoms with Crippen LogP contribution in [0.5, 0.6) is 0 Å². The molecule has 3 nitrogen and oxygen atoms in total. The van der Waals surface area contributed by atoms with E-state index in [0.717, 1.165) is 19.4 Å². The summed E-state index contributed by atoms with van der Waals surface area (Å²) in [5, 5.41) is 0. The second-order valence-electron chi connectivity index (χ2n) is 2.79. The van der Waals surface area contributed by atoms with Crippen LogP contribution in [-0.2, 0) is 15.8 Å². The zero-order chi connectivity index (χ0) is 8.10. The van der Waals surface area contributed by atoms with Gasteiger partial charge >= 0.3 is 29.6 Å². The van der Waals surface area contributed by atoms with Gasteiger partial charge in [0.2, 0.25) is 0 Å². The van der Waals surface area contributed by atoms with Crippen LogP contribution in [0.2, 0.25) is 0 Å². The Labute approximate surface area is 97.8 Å². The average Bonchev–Trinajstić information content (AvgIpc) is 2.03. The standard InChI is InChI=1S/C7H14O3S.Na/c8-11(9)6-4-7-3-1-2-5-10-7;/h7H,1-6H2,(H,8,9);/q;+1/p-1. The maximum atomic E-state index is 10.2. The van der Waals surface area contributed by atoms with Crippen molar-refractivity contribution < 1.29 is 43.1 Å². The van der Waals surface area contributed by atoms with Crippen LogP contribution in [0.25, 0.3) is 0 Å². The maximum Gasteiger partial charge on any atom is 1.00 e. The molecule has 2 unspecified atom stereocenters. The summed E-state index contributed by atoms with van der Waals surface area (Å²) in [6.45, 7) is 0.802. The first-order valence-electron chi connectivity index (χ1n) is 3.96. The van der Waals surface area contributed by atoms with Gasteiger partial charge in [0, 0.05) is 12.4 Å². The molecule has 1 saturated heterocycles. The number of ether oxygens (including phenoxy) is 1. The van der Waals surface area contributed by atoms with Crippen LogP contribution in [0, 0.1) is 0 Å². The van der Waals surface area contributed by atoms with Crippen LogP contribution in [0.1, 0.15) is 25.7 Å². The predicted octanol–water partition coefficient (Wildman–Crippen LogP) is -2.17. The molecular weight excluding hydrogens is 187 g/mol. The molecule has 0 saturated carbocycles. The van der Waals surface area contributed by atoms with Gasteiger partial charge in [-0.05, 0) is 25.7 Å². The Kier molecular flexibility index (Phi) is 8.14. The van der Waals surface area contributed by atoms with Crippen molar-refractivity contribution in [3.8, 4) is 0 Å². The Morgan fingerprint density at radius 3 is 2.75 bits per heavy atom. The van der Waals surface area contributed by atoms with Crippen molar-refractivity contribution in [3.63, 3.8) is 0 Å². The average molecular weight is 200 g/mol. The van der Waals surface area contributed by atoms with E-state index in [1.165, 1.54) is 6.42 Å². The molecular formula is C7H13NaO3S. The van der Waals surface area contributed by atoms with E-state index in [-0.39, 0.29) is 41.4 Å². The van der Waals surface area contributed by atoms with Crippen molar-refractivity contribution in [1.82, 2.24) is 0 Å². The third-order valence-electron chi connectivity index (χ3n) is 1.88. The Bertz CT molecular complexity index is 137. The molecule has 0 aromatic rings. The summed E-state index contributed by atoms with van der Waals surface area (Å²) >= 11 is -1.90. The molecule has 66 valence electrons. The molecule has 0 spiro atoms. The van der Waals surface area contributed by atoms with E-state index in [0.29, 0.717) is 6.42 Å². The number of hydrogen-bond acceptors (Lipinski definition) is 3. The molecule has 0 radical (unpaired) electrons. The molecule has 2 atom stereocenters. The van der Waals surface area contributed by atoms with Gasteiger partial charge in [-0.25, -0.2) is 0 Å². The fourth-order valence-electron chi connectivity index (χ4n) is 1.26. The molecule has 1 rings (SSSR count). The van der Waals surface area contributed by atoms with E-state index in [2.05, 4.69) is 0 Å². The normalized spacial score (nSPS) is 25.9. The smallest absolute Gasteiger partial charge is 0.772 e. The van der Waals surface area contributed by atoms with Gasteiger partial charge in [-0.1, -0.05) is 11.1 Å². The third kappa shape index (κ3) is 5.67. The van der Waals surface area contributed by atoms with Gasteiger partial charge in [-0.2, -0.15) is 0 Å². The van der Waals surface area contributed by atoms with E-state index >= 15 is 0 Å². The Hall–Kier alpha value is 1.07. The molecule has 1 fully saturated rings. The molecule has 0 aromatic heterocycles. The van der Waals surface area contributed by atoms with Crippen LogP contribution in [0.15, 0.2) is 0 Å². The minimum absolute atomic E-state index is 0. The summed E-state index contributed by atoms with van der Waals surface area (Å²) in [5.41, 5.74) is 0. The Balaban J connectivity index is 0.00000121. The molecule has 1 aliphatic rings. The van der Waals surface area contributed by atoms with E-state index in [1.807, 2.05) is 0 Å². The van der Waals surface area contributed by atoms with Crippen molar-refractivity contribution in [2.24, 2.45) is 0 Å². The molecule has 5 heteroatoms. The largest absolute Gasteiger partial charge is 1.00 e. The predicted molar refractivity (Wildman–Crippen MR) is 42.0 cm³/mol. The summed E-state index contributed by atoms with van der Waals surface area (Å²) in [7, 11) is 0. The van der Waals surface area contributed by atoms with Gasteiger partial charge in [-0.15, -0.1) is 0 Å². The van der Waals surface area contributed by atoms with Crippen LogP contribution >= 0.6 is 0 Å². The molecule has 1 aliphatic heterocycles. The van der Waals surface area contributed by atoms with E-state index in [1.54, 1.807) is 0 Å². The first kappa shape index (κ1) is 13.1. The van der Waals surface area contributed by atoms with E-state index < -0.39 is 11.1 Å². The topological polar surface area (TPSA) is 49.4 Å². The first-order valence-corrected chi connectivity index (χ1v) is 5.21. The van der Waals surface area contributed by atoms with Gasteiger partial charge in [0.15, 0.2) is 0 Å². The second kappa shape index (κ2) is 7.47. The van der Waals surface area contributed by atoms with E-state index in [9.17, 15) is 8.76 Å². The van der Waals surface area contributed by atoms with Crippen LogP contribution in [0.3, 0.4) is 0 Å². The first-order chi connectivity index (χ1) is 5.29. The van der Waals surface area contributed by atoms with Crippen LogP contribution in [0.4, 0.5) is 0 Å². The van der Waals surface area contributed by atoms with Crippen molar-refractivity contribution >= 4 is 11.1 Å². The Morgan fingerprint density at radius 1 is 1.50 bits per heavy atom. The Morgan fingerprint density at radius 2 is 2.25 bits per heavy atom. The third-order valence-corrected chi connectivity index (χ3v) is 2.45. The summed E-state index contributed by atoms with van der Waals surface area (Å²) in [5.74, 6) is 0.241. The second-order valence-corrected chi connectivity index (χ2v) is 3.80. The van der Waals surface area contributed by atoms with Gasteiger partial charge in [0.1, 0.15) is 0 Å². The van der Waals surface area contributed by atoms with Gasteiger partial charge < -0.3 is 9.29 Å². The van der Waals surface area contributed by atoms with Gasteiger partial charge in [0.05, 0.1) is 6.10 Å². The molecule has 0 aliphatic carbocycles. The summed E-state index contributed by atoms with van der Waals surface area (Å²) in [6.07, 6.45) is 4.18. The van der Waals surface area contributed by atoms with Crippen LogP contribution < -0.4 is 29.6 Å². The molecule has 12 heavy (non-hydrogen) atoms.